The summed E-state index contributed by atoms with van der Waals surface area (Å²) >= 11 is 5.80. The highest BCUT2D eigenvalue weighted by Gasteiger charge is 2.39. The van der Waals surface area contributed by atoms with Crippen molar-refractivity contribution < 1.29 is 24.2 Å². The number of hydrogen-bond donors (Lipinski definition) is 2. The van der Waals surface area contributed by atoms with Crippen LogP contribution in [0.3, 0.4) is 0 Å². The first-order valence-corrected chi connectivity index (χ1v) is 26.9. The zero-order valence-corrected chi connectivity index (χ0v) is 37.1. The summed E-state index contributed by atoms with van der Waals surface area (Å²) in [5.74, 6) is 6.11. The number of aliphatic hydroxyl groups excluding tert-OH is 2. The second-order valence-corrected chi connectivity index (χ2v) is 24.5. The molecule has 5 nitrogen and oxygen atoms in total. The highest BCUT2D eigenvalue weighted by atomic mass is 32.2. The average Bonchev–Trinajstić information content (AvgIpc) is 3.36. The maximum Gasteiger partial charge on any atom is 0.334 e. The summed E-state index contributed by atoms with van der Waals surface area (Å²) < 4.78 is 12.1. The molecule has 0 unspecified atom stereocenters. The molecule has 4 atom stereocenters. The van der Waals surface area contributed by atoms with Gasteiger partial charge in [0.2, 0.25) is 0 Å². The van der Waals surface area contributed by atoms with E-state index in [9.17, 15) is 15.0 Å². The van der Waals surface area contributed by atoms with Gasteiger partial charge in [0.05, 0.1) is 12.2 Å². The van der Waals surface area contributed by atoms with Crippen LogP contribution in [0.5, 0.6) is 0 Å². The summed E-state index contributed by atoms with van der Waals surface area (Å²) in [6.45, 7) is 15.6. The van der Waals surface area contributed by atoms with Crippen LogP contribution in [0.15, 0.2) is 11.6 Å². The molecule has 0 amide bonds. The molecule has 0 aromatic heterocycles. The summed E-state index contributed by atoms with van der Waals surface area (Å²) in [5.41, 5.74) is 0.793. The van der Waals surface area contributed by atoms with E-state index in [2.05, 4.69) is 40.8 Å². The molecule has 0 spiro atoms. The molecule has 50 heavy (non-hydrogen) atoms. The number of hydrogen-bond acceptors (Lipinski definition) is 8. The summed E-state index contributed by atoms with van der Waals surface area (Å²) in [7, 11) is -1.92. The quantitative estimate of drug-likeness (QED) is 0.0380. The van der Waals surface area contributed by atoms with Gasteiger partial charge >= 0.3 is 5.97 Å². The van der Waals surface area contributed by atoms with E-state index in [0.29, 0.717) is 6.42 Å². The van der Waals surface area contributed by atoms with Gasteiger partial charge in [0.1, 0.15) is 6.10 Å². The van der Waals surface area contributed by atoms with Crippen LogP contribution in [0.25, 0.3) is 0 Å². The SMILES string of the molecule is CCCCCCCCCC[C@H](O)CSCCSCCSC[C@@H](O)CCCCCCCCCC[C@H](CC1=C[C@H](C)OC1=O)O[Si](C)(C)C(C)(C)C. The van der Waals surface area contributed by atoms with Crippen LogP contribution in [0, 0.1) is 0 Å². The lowest BCUT2D eigenvalue weighted by Gasteiger charge is -2.39. The first-order valence-electron chi connectivity index (χ1n) is 20.5. The molecule has 0 fully saturated rings. The van der Waals surface area contributed by atoms with Crippen LogP contribution in [0.2, 0.25) is 18.1 Å². The lowest BCUT2D eigenvalue weighted by atomic mass is 10.0. The Morgan fingerprint density at radius 2 is 1.14 bits per heavy atom. The van der Waals surface area contributed by atoms with Gasteiger partial charge in [0.15, 0.2) is 8.32 Å². The fourth-order valence-corrected chi connectivity index (χ4v) is 10.8. The molecule has 0 aromatic carbocycles. The van der Waals surface area contributed by atoms with Gasteiger partial charge < -0.3 is 19.4 Å². The van der Waals surface area contributed by atoms with Gasteiger partial charge in [-0.1, -0.05) is 130 Å². The van der Waals surface area contributed by atoms with E-state index in [0.717, 1.165) is 72.2 Å². The molecule has 0 saturated carbocycles. The fraction of sp³-hybridized carbons (Fsp3) is 0.927. The number of esters is 1. The van der Waals surface area contributed by atoms with Gasteiger partial charge in [-0.2, -0.15) is 35.3 Å². The van der Waals surface area contributed by atoms with Crippen molar-refractivity contribution in [3.05, 3.63) is 11.6 Å². The Morgan fingerprint density at radius 3 is 1.56 bits per heavy atom. The van der Waals surface area contributed by atoms with Crippen molar-refractivity contribution in [3.8, 4) is 0 Å². The highest BCUT2D eigenvalue weighted by molar-refractivity contribution is 8.04. The minimum atomic E-state index is -1.92. The number of rotatable bonds is 34. The van der Waals surface area contributed by atoms with Crippen molar-refractivity contribution in [1.29, 1.82) is 0 Å². The van der Waals surface area contributed by atoms with E-state index in [4.69, 9.17) is 9.16 Å². The Balaban J connectivity index is 1.97. The monoisotopic (exact) mass is 776 g/mol. The van der Waals surface area contributed by atoms with Crippen molar-refractivity contribution in [1.82, 2.24) is 0 Å². The maximum absolute atomic E-state index is 12.3. The van der Waals surface area contributed by atoms with E-state index < -0.39 is 8.32 Å². The second kappa shape index (κ2) is 29.7. The van der Waals surface area contributed by atoms with Crippen LogP contribution in [-0.4, -0.2) is 83.4 Å². The van der Waals surface area contributed by atoms with E-state index in [-0.39, 0.29) is 35.4 Å². The molecule has 0 aromatic rings. The molecular formula is C41H80O5S3Si. The molecule has 1 rings (SSSR count). The van der Waals surface area contributed by atoms with Gasteiger partial charge in [-0.15, -0.1) is 0 Å². The summed E-state index contributed by atoms with van der Waals surface area (Å²) in [4.78, 5) is 12.3. The number of unbranched alkanes of at least 4 members (excludes halogenated alkanes) is 14. The Bertz CT molecular complexity index is 866. The topological polar surface area (TPSA) is 76.0 Å². The molecule has 0 bridgehead atoms. The van der Waals surface area contributed by atoms with Crippen LogP contribution in [-0.2, 0) is 14.0 Å². The maximum atomic E-state index is 12.3. The predicted molar refractivity (Wildman–Crippen MR) is 228 cm³/mol. The minimum absolute atomic E-state index is 0.0900. The first-order chi connectivity index (χ1) is 23.9. The van der Waals surface area contributed by atoms with Gasteiger partial charge in [-0.3, -0.25) is 0 Å². The highest BCUT2D eigenvalue weighted by Crippen LogP contribution is 2.39. The Labute approximate surface area is 323 Å². The number of carbonyl (C=O) groups excluding carboxylic acids is 1. The standard InChI is InChI=1S/C41H80O5S3Si/c1-8-9-10-11-12-15-18-21-24-37(42)33-48-29-27-47-28-30-49-34-38(43)25-22-19-16-13-14-17-20-23-26-39(46-50(6,7)41(3,4)5)32-36-31-35(2)45-40(36)44/h31,35,37-39,42-43H,8-30,32-34H2,1-7H3/t35-,37-,38-,39+/m0/s1. The van der Waals surface area contributed by atoms with Crippen molar-refractivity contribution >= 4 is 49.6 Å². The number of cyclic esters (lactones) is 1. The lowest BCUT2D eigenvalue weighted by molar-refractivity contribution is -0.139. The Kier molecular flexibility index (Phi) is 28.7. The predicted octanol–water partition coefficient (Wildman–Crippen LogP) is 12.0. The molecule has 2 N–H and O–H groups in total. The van der Waals surface area contributed by atoms with Crippen LogP contribution in [0.4, 0.5) is 0 Å². The van der Waals surface area contributed by atoms with E-state index in [1.54, 1.807) is 0 Å². The van der Waals surface area contributed by atoms with Crippen LogP contribution < -0.4 is 0 Å². The van der Waals surface area contributed by atoms with E-state index in [1.165, 1.54) is 89.9 Å². The second-order valence-electron chi connectivity index (χ2n) is 16.2. The molecule has 1 heterocycles. The first kappa shape index (κ1) is 48.4. The van der Waals surface area contributed by atoms with E-state index >= 15 is 0 Å². The summed E-state index contributed by atoms with van der Waals surface area (Å²) in [6.07, 6.45) is 25.6. The van der Waals surface area contributed by atoms with Crippen molar-refractivity contribution in [2.45, 2.75) is 206 Å². The minimum Gasteiger partial charge on any atom is -0.455 e. The van der Waals surface area contributed by atoms with Crippen LogP contribution >= 0.6 is 35.3 Å². The zero-order valence-electron chi connectivity index (χ0n) is 33.6. The number of carbonyl (C=O) groups is 1. The van der Waals surface area contributed by atoms with Crippen molar-refractivity contribution in [2.75, 3.05) is 34.5 Å². The molecule has 0 radical (unpaired) electrons. The molecular weight excluding hydrogens is 697 g/mol. The van der Waals surface area contributed by atoms with E-state index in [1.807, 2.05) is 48.3 Å². The van der Waals surface area contributed by atoms with Gasteiger partial charge in [0, 0.05) is 52.6 Å². The number of aliphatic hydroxyl groups is 2. The third-order valence-corrected chi connectivity index (χ3v) is 18.5. The largest absolute Gasteiger partial charge is 0.455 e. The van der Waals surface area contributed by atoms with Crippen molar-refractivity contribution in [2.24, 2.45) is 0 Å². The number of ether oxygens (including phenoxy) is 1. The normalized spacial score (nSPS) is 17.2. The third-order valence-electron chi connectivity index (χ3n) is 10.3. The molecule has 1 aliphatic rings. The Morgan fingerprint density at radius 1 is 0.720 bits per heavy atom. The molecule has 1 aliphatic heterocycles. The van der Waals surface area contributed by atoms with Crippen molar-refractivity contribution in [3.63, 3.8) is 0 Å². The molecule has 9 heteroatoms. The fourth-order valence-electron chi connectivity index (χ4n) is 6.09. The summed E-state index contributed by atoms with van der Waals surface area (Å²) in [5, 5.41) is 20.8. The third kappa shape index (κ3) is 25.4. The zero-order chi connectivity index (χ0) is 37.1. The number of thioether (sulfide) groups is 3. The van der Waals surface area contributed by atoms with Gasteiger partial charge in [-0.25, -0.2) is 4.79 Å². The smallest absolute Gasteiger partial charge is 0.334 e. The average molecular weight is 777 g/mol. The molecule has 296 valence electrons. The molecule has 0 saturated heterocycles. The molecule has 0 aliphatic carbocycles. The van der Waals surface area contributed by atoms with Crippen LogP contribution in [0.1, 0.15) is 163 Å². The van der Waals surface area contributed by atoms with Gasteiger partial charge in [-0.05, 0) is 50.4 Å². The van der Waals surface area contributed by atoms with Gasteiger partial charge in [0.25, 0.3) is 0 Å². The summed E-state index contributed by atoms with van der Waals surface area (Å²) in [6, 6.07) is 0. The Hall–Kier alpha value is 0.357. The lowest BCUT2D eigenvalue weighted by Crippen LogP contribution is -2.44.